The first-order chi connectivity index (χ1) is 23.0. The predicted octanol–water partition coefficient (Wildman–Crippen LogP) is 7.94. The van der Waals surface area contributed by atoms with Crippen molar-refractivity contribution in [1.82, 2.24) is 0 Å². The fraction of sp³-hybridized carbons (Fsp3) is 0.0750. The average Bonchev–Trinajstić information content (AvgIpc) is 3.14. The molecule has 0 aliphatic carbocycles. The van der Waals surface area contributed by atoms with E-state index in [1.165, 1.54) is 15.6 Å². The van der Waals surface area contributed by atoms with Gasteiger partial charge in [-0.25, -0.2) is 8.42 Å². The number of benzene rings is 6. The molecule has 2 atom stereocenters. The van der Waals surface area contributed by atoms with Crippen molar-refractivity contribution in [2.45, 2.75) is 17.8 Å². The van der Waals surface area contributed by atoms with Crippen LogP contribution >= 0.6 is 9.69 Å². The van der Waals surface area contributed by atoms with E-state index in [-0.39, 0.29) is 13.2 Å². The van der Waals surface area contributed by atoms with Crippen molar-refractivity contribution in [3.63, 3.8) is 0 Å². The second-order valence-electron chi connectivity index (χ2n) is 11.1. The monoisotopic (exact) mass is 774 g/mol. The molecule has 0 saturated heterocycles. The third kappa shape index (κ3) is 8.48. The Labute approximate surface area is 300 Å². The quantitative estimate of drug-likeness (QED) is 0.0763. The van der Waals surface area contributed by atoms with Gasteiger partial charge in [0.05, 0.1) is 15.8 Å². The Hall–Kier alpha value is -3.68. The first-order valence-electron chi connectivity index (χ1n) is 15.1. The van der Waals surface area contributed by atoms with E-state index in [0.29, 0.717) is 11.1 Å². The van der Waals surface area contributed by atoms with Crippen LogP contribution in [0.25, 0.3) is 10.5 Å². The third-order valence-corrected chi connectivity index (χ3v) is 14.2. The van der Waals surface area contributed by atoms with Crippen LogP contribution in [0.5, 0.6) is 0 Å². The van der Waals surface area contributed by atoms with Crippen molar-refractivity contribution in [2.75, 3.05) is 0 Å². The van der Waals surface area contributed by atoms with Crippen molar-refractivity contribution in [1.29, 1.82) is 0 Å². The Morgan fingerprint density at radius 3 is 1.38 bits per heavy atom. The van der Waals surface area contributed by atoms with Crippen LogP contribution < -0.4 is 20.7 Å². The second kappa shape index (κ2) is 17.6. The Morgan fingerprint density at radius 2 is 0.938 bits per heavy atom. The van der Waals surface area contributed by atoms with Gasteiger partial charge in [-0.3, -0.25) is 0 Å². The van der Waals surface area contributed by atoms with Gasteiger partial charge in [-0.15, -0.1) is 12.1 Å². The van der Waals surface area contributed by atoms with Gasteiger partial charge in [-0.05, 0) is 26.3 Å². The summed E-state index contributed by atoms with van der Waals surface area (Å²) in [4.78, 5) is 0. The van der Waals surface area contributed by atoms with Gasteiger partial charge >= 0.3 is 27.0 Å². The molecule has 6 aromatic carbocycles. The summed E-state index contributed by atoms with van der Waals surface area (Å²) in [5.41, 5.74) is 11.1. The van der Waals surface area contributed by atoms with Crippen molar-refractivity contribution in [3.05, 3.63) is 210 Å². The number of hydrogen-bond donors (Lipinski definition) is 0. The minimum atomic E-state index is -3.97. The van der Waals surface area contributed by atoms with Gasteiger partial charge in [0.2, 0.25) is 0 Å². The zero-order chi connectivity index (χ0) is 33.1. The van der Waals surface area contributed by atoms with Crippen LogP contribution in [0.4, 0.5) is 0 Å². The predicted molar refractivity (Wildman–Crippen MR) is 201 cm³/mol. The van der Waals surface area contributed by atoms with Crippen molar-refractivity contribution < 1.29 is 25.7 Å². The van der Waals surface area contributed by atoms with E-state index in [4.69, 9.17) is 5.73 Å². The van der Waals surface area contributed by atoms with Gasteiger partial charge in [-0.2, -0.15) is 0 Å². The summed E-state index contributed by atoms with van der Waals surface area (Å²) < 4.78 is 32.1. The van der Waals surface area contributed by atoms with E-state index in [1.807, 2.05) is 108 Å². The van der Waals surface area contributed by atoms with Gasteiger partial charge in [0, 0.05) is 0 Å². The molecule has 0 aliphatic rings. The first-order valence-corrected chi connectivity index (χ1v) is 21.0. The molecule has 0 spiro atoms. The number of nitrogens with one attached hydrogen (secondary N) is 1. The minimum absolute atomic E-state index is 0. The van der Waals surface area contributed by atoms with Gasteiger partial charge in [0.1, 0.15) is 0 Å². The zero-order valence-corrected chi connectivity index (χ0v) is 30.8. The van der Waals surface area contributed by atoms with Crippen molar-refractivity contribution in [2.24, 2.45) is 0 Å². The number of halogens is 1. The third-order valence-electron chi connectivity index (χ3n) is 8.22. The molecule has 0 heterocycles. The maximum absolute atomic E-state index is 13.9. The summed E-state index contributed by atoms with van der Waals surface area (Å²) in [5.74, 6) is -0.255. The summed E-state index contributed by atoms with van der Waals surface area (Å²) in [6.45, 7) is 0. The van der Waals surface area contributed by atoms with Crippen LogP contribution in [-0.2, 0) is 33.1 Å². The standard InChI is InChI=1S/C39H34N2O2SSi.CH3.ClH.Ru/c40-38(32-18-6-1-7-19-32)39(33-20-8-2-9-21-33)41-44(42,43)30-31-17-16-28-37(29-31)45(34-22-10-3-11-23-34,35-24-12-4-13-25-35)36-26-14-5-15-27-36;;;/h1-29,38-40H,30H2;1H3;1H;/q-2;-1;;+4/p-1. The molecular formula is C40H37ClN2O2RuSSi. The SMILES string of the molecule is [CH3-].[Cl][Ru+3].[NH-]C(c1ccccc1)C([N-]S(=O)(=O)Cc1cccc([Si](c2ccccc2)(c2ccccc2)c2ccccc2)c1)c1ccccc1. The molecule has 0 radical (unpaired) electrons. The number of sulfonamides is 1. The molecule has 0 amide bonds. The molecular weight excluding hydrogens is 737 g/mol. The number of rotatable bonds is 11. The van der Waals surface area contributed by atoms with Crippen LogP contribution in [0.1, 0.15) is 28.8 Å². The average molecular weight is 774 g/mol. The molecule has 4 nitrogen and oxygen atoms in total. The molecule has 6 rings (SSSR count). The summed E-state index contributed by atoms with van der Waals surface area (Å²) in [6.07, 6.45) is 0. The molecule has 0 aliphatic heterocycles. The summed E-state index contributed by atoms with van der Waals surface area (Å²) >= 11 is 1.82. The van der Waals surface area contributed by atoms with Crippen LogP contribution in [-0.4, -0.2) is 16.5 Å². The Bertz CT molecular complexity index is 1840. The molecule has 48 heavy (non-hydrogen) atoms. The fourth-order valence-corrected chi connectivity index (χ4v) is 12.3. The van der Waals surface area contributed by atoms with E-state index in [2.05, 4.69) is 99.3 Å². The molecule has 6 aromatic rings. The molecule has 0 saturated carbocycles. The van der Waals surface area contributed by atoms with E-state index in [9.17, 15) is 8.42 Å². The van der Waals surface area contributed by atoms with Crippen LogP contribution in [0.3, 0.4) is 0 Å². The molecule has 8 heteroatoms. The largest absolute Gasteiger partial charge is 0.672 e. The second-order valence-corrected chi connectivity index (χ2v) is 16.6. The minimum Gasteiger partial charge on any atom is -0.672 e. The smallest absolute Gasteiger partial charge is 0.179 e. The Balaban J connectivity index is 0.00000170. The van der Waals surface area contributed by atoms with E-state index in [1.54, 1.807) is 0 Å². The Morgan fingerprint density at radius 1 is 0.562 bits per heavy atom. The molecule has 244 valence electrons. The number of nitrogens with zero attached hydrogens (tertiary/aromatic N) is 1. The normalized spacial score (nSPS) is 12.5. The van der Waals surface area contributed by atoms with Gasteiger partial charge in [0.15, 0.2) is 8.07 Å². The fourth-order valence-electron chi connectivity index (χ4n) is 6.19. The zero-order valence-electron chi connectivity index (χ0n) is 26.5. The Kier molecular flexibility index (Phi) is 13.7. The van der Waals surface area contributed by atoms with Crippen LogP contribution in [0.2, 0.25) is 0 Å². The van der Waals surface area contributed by atoms with Crippen molar-refractivity contribution >= 4 is 48.5 Å². The number of hydrogen-bond acceptors (Lipinski definition) is 2. The molecule has 0 aromatic heterocycles. The maximum atomic E-state index is 13.9. The van der Waals surface area contributed by atoms with Gasteiger partial charge in [-0.1, -0.05) is 187 Å². The summed E-state index contributed by atoms with van der Waals surface area (Å²) in [6, 6.07) is 56.5. The van der Waals surface area contributed by atoms with Crippen LogP contribution in [0, 0.1) is 7.43 Å². The first kappa shape index (κ1) is 37.1. The summed E-state index contributed by atoms with van der Waals surface area (Å²) in [7, 11) is -2.21. The molecule has 0 fully saturated rings. The van der Waals surface area contributed by atoms with Gasteiger partial charge in [0.25, 0.3) is 0 Å². The maximum Gasteiger partial charge on any atom is 0.179 e. The van der Waals surface area contributed by atoms with Crippen molar-refractivity contribution in [3.8, 4) is 0 Å². The molecule has 1 N–H and O–H groups in total. The molecule has 0 bridgehead atoms. The van der Waals surface area contributed by atoms with Crippen LogP contribution in [0.15, 0.2) is 176 Å². The van der Waals surface area contributed by atoms with E-state index >= 15 is 0 Å². The molecule has 2 unspecified atom stereocenters. The van der Waals surface area contributed by atoms with E-state index < -0.39 is 30.2 Å². The summed E-state index contributed by atoms with van der Waals surface area (Å²) in [5, 5.41) is 4.75. The van der Waals surface area contributed by atoms with Gasteiger partial charge < -0.3 is 17.9 Å². The van der Waals surface area contributed by atoms with E-state index in [0.717, 1.165) is 10.8 Å². The topological polar surface area (TPSA) is 72.0 Å².